The summed E-state index contributed by atoms with van der Waals surface area (Å²) < 4.78 is 30.4. The molecular formula is C72H86FIr3N6O9-3. The molecule has 91 heavy (non-hydrogen) atoms. The fourth-order valence-electron chi connectivity index (χ4n) is 8.59. The van der Waals surface area contributed by atoms with Crippen molar-refractivity contribution >= 4 is 0 Å². The van der Waals surface area contributed by atoms with E-state index in [1.165, 1.54) is 23.3 Å². The average Bonchev–Trinajstić information content (AvgIpc) is 2.00. The molecule has 0 aliphatic rings. The number of rotatable bonds is 15. The van der Waals surface area contributed by atoms with Crippen molar-refractivity contribution in [1.82, 2.24) is 29.9 Å². The molecule has 0 bridgehead atoms. The molecule has 6 unspecified atom stereocenters. The molecule has 0 spiro atoms. The molecule has 19 heteroatoms. The van der Waals surface area contributed by atoms with Gasteiger partial charge in [-0.15, -0.1) is 89.5 Å². The van der Waals surface area contributed by atoms with Crippen LogP contribution >= 0.6 is 0 Å². The third-order valence-electron chi connectivity index (χ3n) is 12.3. The number of aromatic nitrogens is 6. The summed E-state index contributed by atoms with van der Waals surface area (Å²) >= 11 is 0. The monoisotopic (exact) mass is 1780 g/mol. The second kappa shape index (κ2) is 42.7. The first-order valence-corrected chi connectivity index (χ1v) is 29.1. The van der Waals surface area contributed by atoms with Gasteiger partial charge in [0.1, 0.15) is 23.1 Å². The minimum absolute atomic E-state index is 0. The van der Waals surface area contributed by atoms with Crippen molar-refractivity contribution in [2.24, 2.45) is 0 Å². The summed E-state index contributed by atoms with van der Waals surface area (Å²) in [6.45, 7) is 27.8. The van der Waals surface area contributed by atoms with Gasteiger partial charge in [-0.1, -0.05) is 24.3 Å². The van der Waals surface area contributed by atoms with E-state index in [0.717, 1.165) is 96.4 Å². The van der Waals surface area contributed by atoms with Crippen LogP contribution in [-0.4, -0.2) is 97.2 Å². The zero-order valence-corrected chi connectivity index (χ0v) is 61.5. The molecule has 9 rings (SSSR count). The summed E-state index contributed by atoms with van der Waals surface area (Å²) in [6, 6.07) is 44.7. The third-order valence-corrected chi connectivity index (χ3v) is 12.3. The molecular weight excluding hydrogens is 1690 g/mol. The van der Waals surface area contributed by atoms with Gasteiger partial charge in [0.15, 0.2) is 0 Å². The second-order valence-corrected chi connectivity index (χ2v) is 21.8. The maximum Gasteiger partial charge on any atom is 0.123 e. The van der Waals surface area contributed by atoms with Crippen molar-refractivity contribution in [2.45, 2.75) is 160 Å². The number of hydrogen-bond acceptors (Lipinski definition) is 15. The number of nitrogens with zero attached hydrogens (tertiary/aromatic N) is 6. The summed E-state index contributed by atoms with van der Waals surface area (Å²) in [4.78, 5) is 26.3. The zero-order valence-electron chi connectivity index (χ0n) is 54.3. The van der Waals surface area contributed by atoms with Gasteiger partial charge < -0.3 is 59.8 Å². The van der Waals surface area contributed by atoms with Gasteiger partial charge in [0, 0.05) is 137 Å². The van der Waals surface area contributed by atoms with Crippen LogP contribution in [0.2, 0.25) is 0 Å². The van der Waals surface area contributed by atoms with Gasteiger partial charge in [-0.05, 0) is 182 Å². The van der Waals surface area contributed by atoms with E-state index in [2.05, 4.69) is 68.0 Å². The number of aliphatic hydroxyl groups is 6. The van der Waals surface area contributed by atoms with Crippen LogP contribution in [0.15, 0.2) is 140 Å². The second-order valence-electron chi connectivity index (χ2n) is 21.8. The summed E-state index contributed by atoms with van der Waals surface area (Å²) in [7, 11) is 0. The Morgan fingerprint density at radius 3 is 1.07 bits per heavy atom. The summed E-state index contributed by atoms with van der Waals surface area (Å²) in [5, 5.41) is 51.4. The summed E-state index contributed by atoms with van der Waals surface area (Å²) in [5.74, 6) is 4.19. The number of halogens is 1. The Morgan fingerprint density at radius 1 is 0.396 bits per heavy atom. The predicted octanol–water partition coefficient (Wildman–Crippen LogP) is 14.5. The van der Waals surface area contributed by atoms with Crippen LogP contribution in [0, 0.1) is 86.3 Å². The largest absolute Gasteiger partial charge is 0.502 e. The number of aryl methyl sites for hydroxylation is 9. The molecule has 0 saturated carbocycles. The Labute approximate surface area is 578 Å². The van der Waals surface area contributed by atoms with Gasteiger partial charge in [-0.2, -0.15) is 0 Å². The summed E-state index contributed by atoms with van der Waals surface area (Å²) in [6.07, 6.45) is 6.06. The fourth-order valence-corrected chi connectivity index (χ4v) is 8.59. The van der Waals surface area contributed by atoms with Gasteiger partial charge in [0.05, 0.1) is 48.0 Å². The van der Waals surface area contributed by atoms with Crippen molar-refractivity contribution in [3.63, 3.8) is 0 Å². The average molecular weight is 1780 g/mol. The maximum absolute atomic E-state index is 12.9. The molecule has 0 fully saturated rings. The number of hydrogen-bond donors (Lipinski definition) is 6. The Morgan fingerprint density at radius 2 is 0.736 bits per heavy atom. The number of aliphatic hydroxyl groups excluding tert-OH is 6. The molecule has 6 atom stereocenters. The molecule has 9 aromatic rings. The normalized spacial score (nSPS) is 12.1. The molecule has 0 aliphatic carbocycles. The number of ether oxygens (including phenoxy) is 3. The van der Waals surface area contributed by atoms with Crippen LogP contribution < -0.4 is 14.2 Å². The smallest absolute Gasteiger partial charge is 0.123 e. The molecule has 0 amide bonds. The Hall–Kier alpha value is -6.40. The van der Waals surface area contributed by atoms with E-state index in [9.17, 15) is 4.39 Å². The topological polar surface area (TPSA) is 226 Å². The van der Waals surface area contributed by atoms with Crippen LogP contribution in [0.1, 0.15) is 112 Å². The van der Waals surface area contributed by atoms with Crippen molar-refractivity contribution in [3.8, 4) is 68.3 Å². The predicted molar refractivity (Wildman–Crippen MR) is 345 cm³/mol. The minimum Gasteiger partial charge on any atom is -0.502 e. The molecule has 495 valence electrons. The third kappa shape index (κ3) is 31.7. The van der Waals surface area contributed by atoms with Crippen LogP contribution in [0.25, 0.3) is 33.8 Å². The van der Waals surface area contributed by atoms with E-state index >= 15 is 0 Å². The van der Waals surface area contributed by atoms with E-state index in [1.54, 1.807) is 84.5 Å². The molecule has 6 N–H and O–H groups in total. The van der Waals surface area contributed by atoms with Crippen LogP contribution in [0.3, 0.4) is 0 Å². The fraction of sp³-hybridized carbons (Fsp3) is 0.333. The Balaban J connectivity index is 0.000000581. The van der Waals surface area contributed by atoms with Gasteiger partial charge in [0.2, 0.25) is 0 Å². The Kier molecular flexibility index (Phi) is 38.7. The van der Waals surface area contributed by atoms with Crippen molar-refractivity contribution < 1.29 is 110 Å². The van der Waals surface area contributed by atoms with E-state index < -0.39 is 0 Å². The van der Waals surface area contributed by atoms with E-state index in [1.807, 2.05) is 127 Å². The molecule has 0 saturated heterocycles. The van der Waals surface area contributed by atoms with E-state index in [0.29, 0.717) is 30.8 Å². The van der Waals surface area contributed by atoms with Crippen LogP contribution in [0.5, 0.6) is 34.5 Å². The van der Waals surface area contributed by atoms with Crippen LogP contribution in [0.4, 0.5) is 4.39 Å². The summed E-state index contributed by atoms with van der Waals surface area (Å²) in [5.41, 5.74) is 14.3. The van der Waals surface area contributed by atoms with E-state index in [4.69, 9.17) is 44.8 Å². The van der Waals surface area contributed by atoms with Crippen LogP contribution in [-0.2, 0) is 60.3 Å². The molecule has 15 nitrogen and oxygen atoms in total. The number of benzene rings is 6. The van der Waals surface area contributed by atoms with Gasteiger partial charge in [-0.3, -0.25) is 15.0 Å². The van der Waals surface area contributed by atoms with Gasteiger partial charge >= 0.3 is 0 Å². The SMILES string of the molecule is CC(O)CC(C)O.CC(O)CC(C)O.CC(O)CC(C)O.Cc1cc(C)cc(Oc2c[c-]c(-c3nccnc3C)cc2)c1.Cc1cnc(-c2[c-]cc(Oc3c(C)cccc3C)cc2)c(C)n1.Cc1cnc(-c2[c-]cc(Oc3ccc(F)cc3)cc2)c(C)n1.[Ir].[Ir].[Ir]. The van der Waals surface area contributed by atoms with Crippen molar-refractivity contribution in [1.29, 1.82) is 0 Å². The first-order valence-electron chi connectivity index (χ1n) is 29.1. The van der Waals surface area contributed by atoms with Crippen molar-refractivity contribution in [3.05, 3.63) is 215 Å². The molecule has 0 aliphatic heterocycles. The minimum atomic E-state index is -0.375. The zero-order chi connectivity index (χ0) is 65.0. The van der Waals surface area contributed by atoms with Crippen molar-refractivity contribution in [2.75, 3.05) is 0 Å². The quantitative estimate of drug-likeness (QED) is 0.0525. The number of para-hydroxylation sites is 1. The first kappa shape index (κ1) is 82.6. The van der Waals surface area contributed by atoms with E-state index in [-0.39, 0.29) is 103 Å². The molecule has 6 aromatic carbocycles. The molecule has 3 heterocycles. The van der Waals surface area contributed by atoms with Gasteiger partial charge in [0.25, 0.3) is 0 Å². The molecule has 3 aromatic heterocycles. The molecule has 3 radical (unpaired) electrons. The van der Waals surface area contributed by atoms with Gasteiger partial charge in [-0.25, -0.2) is 4.39 Å². The Bertz CT molecular complexity index is 3420. The standard InChI is InChI=1S/C20H19N2O.C19H17N2O.C18H14FN2O.3C5H12O2.3Ir/c1-13-6-5-7-14(2)20(13)23-18-10-8-17(9-11-18)19-16(4)22-15(3)12-21-19;1-13-10-14(2)12-18(11-13)22-17-6-4-16(5-7-17)19-15(3)20-8-9-21-19;1-12-11-20-18(13(2)21-12)14-3-7-16(8-4-14)22-17-9-5-15(19)6-10-17;3*1-4(6)3-5(2)7;;;/h5-8,10-12H,1-4H3;4,6-12H,1-3H3;3,5-11H,1-2H3;3*4-7H,3H2,1-2H3;;;/q3*-1;;;;;;. The maximum atomic E-state index is 12.9. The first-order chi connectivity index (χ1) is 41.6.